The van der Waals surface area contributed by atoms with E-state index in [2.05, 4.69) is 16.0 Å². The van der Waals surface area contributed by atoms with Crippen molar-refractivity contribution in [3.63, 3.8) is 0 Å². The normalized spacial score (nSPS) is 26.1. The average molecular weight is 212 g/mol. The van der Waals surface area contributed by atoms with Crippen LogP contribution in [0.5, 0.6) is 0 Å². The van der Waals surface area contributed by atoms with E-state index in [1.807, 2.05) is 6.08 Å². The van der Waals surface area contributed by atoms with Crippen LogP contribution >= 0.6 is 12.2 Å². The van der Waals surface area contributed by atoms with Gasteiger partial charge in [0.1, 0.15) is 0 Å². The molecule has 1 saturated heterocycles. The van der Waals surface area contributed by atoms with Crippen molar-refractivity contribution in [2.24, 2.45) is 5.16 Å². The topological polar surface area (TPSA) is 24.8 Å². The van der Waals surface area contributed by atoms with E-state index in [0.29, 0.717) is 6.04 Å². The summed E-state index contributed by atoms with van der Waals surface area (Å²) in [5.74, 6) is 1.13. The number of rotatable bonds is 3. The largest absolute Gasteiger partial charge is 0.297 e. The molecule has 3 nitrogen and oxygen atoms in total. The fourth-order valence-electron chi connectivity index (χ4n) is 1.96. The molecule has 1 unspecified atom stereocenters. The van der Waals surface area contributed by atoms with Crippen molar-refractivity contribution in [2.75, 3.05) is 0 Å². The molecule has 0 aromatic rings. The summed E-state index contributed by atoms with van der Waals surface area (Å²) in [5, 5.41) is 4.06. The Balaban J connectivity index is 1.99. The zero-order valence-corrected chi connectivity index (χ0v) is 9.13. The van der Waals surface area contributed by atoms with Crippen molar-refractivity contribution in [2.45, 2.75) is 44.6 Å². The maximum absolute atomic E-state index is 5.06. The molecule has 4 heteroatoms. The quantitative estimate of drug-likeness (QED) is 0.408. The number of hydrogen-bond acceptors (Lipinski definition) is 4. The van der Waals surface area contributed by atoms with Gasteiger partial charge in [0.25, 0.3) is 0 Å². The monoisotopic (exact) mass is 212 g/mol. The second-order valence-corrected chi connectivity index (χ2v) is 4.44. The first kappa shape index (κ1) is 9.90. The van der Waals surface area contributed by atoms with Crippen LogP contribution in [-0.2, 0) is 4.28 Å². The molecule has 14 heavy (non-hydrogen) atoms. The smallest absolute Gasteiger partial charge is 0.211 e. The van der Waals surface area contributed by atoms with Gasteiger partial charge in [-0.1, -0.05) is 17.7 Å². The third-order valence-corrected chi connectivity index (χ3v) is 3.54. The van der Waals surface area contributed by atoms with Gasteiger partial charge in [-0.2, -0.15) is 0 Å². The lowest BCUT2D eigenvalue weighted by atomic mass is 10.1. The minimum Gasteiger partial charge on any atom is -0.297 e. The SMILES string of the molecule is C=CCCC1CCCCC2=NOSN21. The molecule has 2 heterocycles. The van der Waals surface area contributed by atoms with Gasteiger partial charge in [0.05, 0.1) is 0 Å². The summed E-state index contributed by atoms with van der Waals surface area (Å²) in [4.78, 5) is 0. The van der Waals surface area contributed by atoms with E-state index in [-0.39, 0.29) is 0 Å². The molecule has 0 saturated carbocycles. The second kappa shape index (κ2) is 4.73. The van der Waals surface area contributed by atoms with Gasteiger partial charge in [-0.05, 0) is 25.7 Å². The van der Waals surface area contributed by atoms with Gasteiger partial charge < -0.3 is 0 Å². The molecular weight excluding hydrogens is 196 g/mol. The van der Waals surface area contributed by atoms with Crippen LogP contribution < -0.4 is 0 Å². The van der Waals surface area contributed by atoms with Crippen molar-refractivity contribution in [1.82, 2.24) is 4.31 Å². The molecule has 0 N–H and O–H groups in total. The fraction of sp³-hybridized carbons (Fsp3) is 0.700. The van der Waals surface area contributed by atoms with E-state index in [4.69, 9.17) is 4.28 Å². The lowest BCUT2D eigenvalue weighted by molar-refractivity contribution is 0.392. The lowest BCUT2D eigenvalue weighted by Gasteiger charge is -2.23. The number of amidine groups is 1. The zero-order valence-electron chi connectivity index (χ0n) is 8.32. The van der Waals surface area contributed by atoms with Gasteiger partial charge in [0, 0.05) is 12.5 Å². The predicted molar refractivity (Wildman–Crippen MR) is 59.6 cm³/mol. The van der Waals surface area contributed by atoms with E-state index in [9.17, 15) is 0 Å². The van der Waals surface area contributed by atoms with Gasteiger partial charge in [0.15, 0.2) is 5.84 Å². The number of hydrogen-bond donors (Lipinski definition) is 0. The summed E-state index contributed by atoms with van der Waals surface area (Å²) in [7, 11) is 0. The van der Waals surface area contributed by atoms with E-state index in [1.54, 1.807) is 0 Å². The molecule has 0 aromatic carbocycles. The third kappa shape index (κ3) is 2.05. The highest BCUT2D eigenvalue weighted by molar-refractivity contribution is 7.93. The highest BCUT2D eigenvalue weighted by atomic mass is 32.2. The second-order valence-electron chi connectivity index (χ2n) is 3.75. The Labute approximate surface area is 89.5 Å². The standard InChI is InChI=1S/C10H16N2OS/c1-2-3-6-9-7-4-5-8-10-11-13-14-12(9)10/h2,9H,1,3-8H2. The predicted octanol–water partition coefficient (Wildman–Crippen LogP) is 3.10. The Hall–Kier alpha value is -0.640. The van der Waals surface area contributed by atoms with Crippen LogP contribution in [0.4, 0.5) is 0 Å². The molecule has 0 amide bonds. The Morgan fingerprint density at radius 1 is 1.64 bits per heavy atom. The van der Waals surface area contributed by atoms with Gasteiger partial charge in [-0.3, -0.25) is 8.59 Å². The molecule has 1 atom stereocenters. The molecule has 2 rings (SSSR count). The molecule has 0 spiro atoms. The van der Waals surface area contributed by atoms with Crippen LogP contribution in [0.3, 0.4) is 0 Å². The van der Waals surface area contributed by atoms with Crippen LogP contribution in [-0.4, -0.2) is 16.2 Å². The van der Waals surface area contributed by atoms with E-state index in [1.165, 1.54) is 37.9 Å². The summed E-state index contributed by atoms with van der Waals surface area (Å²) >= 11 is 1.39. The molecule has 0 radical (unpaired) electrons. The van der Waals surface area contributed by atoms with Gasteiger partial charge in [0.2, 0.25) is 12.2 Å². The Morgan fingerprint density at radius 2 is 2.57 bits per heavy atom. The van der Waals surface area contributed by atoms with Crippen molar-refractivity contribution < 1.29 is 4.28 Å². The molecule has 0 aromatic heterocycles. The van der Waals surface area contributed by atoms with Crippen LogP contribution in [0.1, 0.15) is 38.5 Å². The van der Waals surface area contributed by atoms with Gasteiger partial charge >= 0.3 is 0 Å². The average Bonchev–Trinajstić information content (AvgIpc) is 2.58. The highest BCUT2D eigenvalue weighted by Crippen LogP contribution is 2.32. The van der Waals surface area contributed by atoms with Crippen molar-refractivity contribution >= 4 is 18.1 Å². The minimum atomic E-state index is 0.585. The molecule has 0 aliphatic carbocycles. The Bertz CT molecular complexity index is 242. The third-order valence-electron chi connectivity index (χ3n) is 2.73. The lowest BCUT2D eigenvalue weighted by Crippen LogP contribution is -2.30. The highest BCUT2D eigenvalue weighted by Gasteiger charge is 2.30. The summed E-state index contributed by atoms with van der Waals surface area (Å²) in [6.07, 6.45) is 9.10. The number of oxime groups is 1. The summed E-state index contributed by atoms with van der Waals surface area (Å²) in [5.41, 5.74) is 0. The van der Waals surface area contributed by atoms with Crippen molar-refractivity contribution in [1.29, 1.82) is 0 Å². The molecular formula is C10H16N2OS. The minimum absolute atomic E-state index is 0.585. The summed E-state index contributed by atoms with van der Waals surface area (Å²) in [6.45, 7) is 3.77. The molecule has 2 aliphatic heterocycles. The molecule has 0 bridgehead atoms. The van der Waals surface area contributed by atoms with Crippen LogP contribution in [0.15, 0.2) is 17.8 Å². The first-order valence-corrected chi connectivity index (χ1v) is 5.92. The summed E-state index contributed by atoms with van der Waals surface area (Å²) < 4.78 is 7.31. The maximum atomic E-state index is 5.06. The summed E-state index contributed by atoms with van der Waals surface area (Å²) in [6, 6.07) is 0.585. The Kier molecular flexibility index (Phi) is 3.35. The first-order chi connectivity index (χ1) is 6.92. The fourth-order valence-corrected chi connectivity index (χ4v) is 2.69. The first-order valence-electron chi connectivity index (χ1n) is 5.22. The van der Waals surface area contributed by atoms with Gasteiger partial charge in [-0.15, -0.1) is 6.58 Å². The van der Waals surface area contributed by atoms with Crippen LogP contribution in [0.2, 0.25) is 0 Å². The van der Waals surface area contributed by atoms with Crippen molar-refractivity contribution in [3.8, 4) is 0 Å². The molecule has 78 valence electrons. The Morgan fingerprint density at radius 3 is 3.43 bits per heavy atom. The number of allylic oxidation sites excluding steroid dienone is 1. The number of nitrogens with zero attached hydrogens (tertiary/aromatic N) is 2. The van der Waals surface area contributed by atoms with Crippen LogP contribution in [0.25, 0.3) is 0 Å². The van der Waals surface area contributed by atoms with E-state index in [0.717, 1.165) is 18.7 Å². The zero-order chi connectivity index (χ0) is 9.80. The van der Waals surface area contributed by atoms with Crippen molar-refractivity contribution in [3.05, 3.63) is 12.7 Å². The molecule has 2 aliphatic rings. The number of fused-ring (bicyclic) bond motifs is 1. The van der Waals surface area contributed by atoms with E-state index >= 15 is 0 Å². The van der Waals surface area contributed by atoms with E-state index < -0.39 is 0 Å². The van der Waals surface area contributed by atoms with Gasteiger partial charge in [-0.25, -0.2) is 0 Å². The van der Waals surface area contributed by atoms with Crippen LogP contribution in [0, 0.1) is 0 Å². The maximum Gasteiger partial charge on any atom is 0.211 e. The molecule has 1 fully saturated rings.